The Morgan fingerprint density at radius 2 is 2.14 bits per heavy atom. The summed E-state index contributed by atoms with van der Waals surface area (Å²) in [7, 11) is 0. The van der Waals surface area contributed by atoms with Crippen LogP contribution in [0.2, 0.25) is 0 Å². The van der Waals surface area contributed by atoms with Gasteiger partial charge in [-0.15, -0.1) is 0 Å². The second-order valence-electron chi connectivity index (χ2n) is 5.37. The Labute approximate surface area is 129 Å². The monoisotopic (exact) mass is 351 g/mol. The molecule has 21 heavy (non-hydrogen) atoms. The van der Waals surface area contributed by atoms with E-state index in [9.17, 15) is 9.90 Å². The van der Waals surface area contributed by atoms with Crippen LogP contribution < -0.4 is 0 Å². The first-order chi connectivity index (χ1) is 10.1. The van der Waals surface area contributed by atoms with E-state index in [2.05, 4.69) is 31.1 Å². The van der Waals surface area contributed by atoms with Crippen molar-refractivity contribution in [2.24, 2.45) is 5.41 Å². The summed E-state index contributed by atoms with van der Waals surface area (Å²) in [4.78, 5) is 19.9. The van der Waals surface area contributed by atoms with E-state index in [1.165, 1.54) is 0 Å². The second-order valence-corrected chi connectivity index (χ2v) is 6.29. The summed E-state index contributed by atoms with van der Waals surface area (Å²) in [5, 5.41) is 13.4. The van der Waals surface area contributed by atoms with Gasteiger partial charge in [-0.05, 0) is 34.8 Å². The molecule has 2 aromatic heterocycles. The highest BCUT2D eigenvalue weighted by Crippen LogP contribution is 2.41. The van der Waals surface area contributed by atoms with Gasteiger partial charge in [-0.2, -0.15) is 4.98 Å². The summed E-state index contributed by atoms with van der Waals surface area (Å²) < 4.78 is 6.05. The number of hydrogen-bond donors (Lipinski definition) is 1. The molecule has 2 heterocycles. The fraction of sp³-hybridized carbons (Fsp3) is 0.429. The van der Waals surface area contributed by atoms with Gasteiger partial charge in [-0.1, -0.05) is 18.0 Å². The molecule has 0 spiro atoms. The summed E-state index contributed by atoms with van der Waals surface area (Å²) in [5.74, 6) is 0.0236. The summed E-state index contributed by atoms with van der Waals surface area (Å²) in [5.41, 5.74) is -0.0190. The van der Waals surface area contributed by atoms with Gasteiger partial charge < -0.3 is 9.63 Å². The van der Waals surface area contributed by atoms with Crippen LogP contribution in [0.1, 0.15) is 31.6 Å². The van der Waals surface area contributed by atoms with E-state index in [0.29, 0.717) is 24.6 Å². The predicted octanol–water partition coefficient (Wildman–Crippen LogP) is 3.08. The topological polar surface area (TPSA) is 89.1 Å². The SMILES string of the molecule is O=C(O)C1(Cc2nc(-c3cncc(Br)c3)no2)CCCC1. The van der Waals surface area contributed by atoms with Gasteiger partial charge in [0.25, 0.3) is 0 Å². The van der Waals surface area contributed by atoms with Crippen LogP contribution in [0.25, 0.3) is 11.4 Å². The standard InChI is InChI=1S/C14H14BrN3O3/c15-10-5-9(7-16-8-10)12-17-11(21-18-12)6-14(13(19)20)3-1-2-4-14/h5,7-8H,1-4,6H2,(H,19,20). The van der Waals surface area contributed by atoms with Crippen LogP contribution in [0.15, 0.2) is 27.5 Å². The molecular formula is C14H14BrN3O3. The van der Waals surface area contributed by atoms with Gasteiger partial charge >= 0.3 is 5.97 Å². The highest BCUT2D eigenvalue weighted by atomic mass is 79.9. The molecule has 0 atom stereocenters. The largest absolute Gasteiger partial charge is 0.481 e. The van der Waals surface area contributed by atoms with Gasteiger partial charge in [-0.25, -0.2) is 0 Å². The van der Waals surface area contributed by atoms with E-state index in [-0.39, 0.29) is 6.42 Å². The van der Waals surface area contributed by atoms with E-state index >= 15 is 0 Å². The molecule has 3 rings (SSSR count). The first-order valence-corrected chi connectivity index (χ1v) is 7.55. The van der Waals surface area contributed by atoms with Crippen molar-refractivity contribution in [3.8, 4) is 11.4 Å². The lowest BCUT2D eigenvalue weighted by molar-refractivity contribution is -0.148. The Hall–Kier alpha value is -1.76. The molecule has 1 saturated carbocycles. The minimum Gasteiger partial charge on any atom is -0.481 e. The first-order valence-electron chi connectivity index (χ1n) is 6.76. The van der Waals surface area contributed by atoms with Crippen molar-refractivity contribution >= 4 is 21.9 Å². The number of nitrogens with zero attached hydrogens (tertiary/aromatic N) is 3. The third-order valence-corrected chi connectivity index (χ3v) is 4.37. The molecule has 6 nitrogen and oxygen atoms in total. The summed E-state index contributed by atoms with van der Waals surface area (Å²) >= 11 is 3.34. The van der Waals surface area contributed by atoms with Crippen molar-refractivity contribution in [3.63, 3.8) is 0 Å². The molecular weight excluding hydrogens is 338 g/mol. The second kappa shape index (κ2) is 5.55. The van der Waals surface area contributed by atoms with Crippen LogP contribution in [0.5, 0.6) is 0 Å². The van der Waals surface area contributed by atoms with Crippen LogP contribution in [0.3, 0.4) is 0 Å². The molecule has 0 amide bonds. The lowest BCUT2D eigenvalue weighted by Gasteiger charge is -2.21. The lowest BCUT2D eigenvalue weighted by atomic mass is 9.83. The van der Waals surface area contributed by atoms with Crippen molar-refractivity contribution in [2.75, 3.05) is 0 Å². The average molecular weight is 352 g/mol. The third kappa shape index (κ3) is 2.83. The van der Waals surface area contributed by atoms with E-state index in [1.54, 1.807) is 12.4 Å². The number of halogens is 1. The molecule has 0 aliphatic heterocycles. The molecule has 0 bridgehead atoms. The molecule has 1 fully saturated rings. The molecule has 7 heteroatoms. The normalized spacial score (nSPS) is 17.0. The molecule has 1 N–H and O–H groups in total. The number of aliphatic carboxylic acids is 1. The molecule has 1 aliphatic rings. The highest BCUT2D eigenvalue weighted by molar-refractivity contribution is 9.10. The van der Waals surface area contributed by atoms with Gasteiger partial charge in [0.1, 0.15) is 0 Å². The number of carboxylic acids is 1. The molecule has 0 saturated heterocycles. The number of pyridine rings is 1. The zero-order valence-electron chi connectivity index (χ0n) is 11.3. The Balaban J connectivity index is 1.83. The van der Waals surface area contributed by atoms with Gasteiger partial charge in [0.15, 0.2) is 0 Å². The Bertz CT molecular complexity index is 665. The lowest BCUT2D eigenvalue weighted by Crippen LogP contribution is -2.30. The van der Waals surface area contributed by atoms with E-state index < -0.39 is 11.4 Å². The van der Waals surface area contributed by atoms with Crippen molar-refractivity contribution in [2.45, 2.75) is 32.1 Å². The Kier molecular flexibility index (Phi) is 3.75. The first kappa shape index (κ1) is 14.2. The van der Waals surface area contributed by atoms with Gasteiger partial charge in [0.05, 0.1) is 5.41 Å². The smallest absolute Gasteiger partial charge is 0.310 e. The summed E-state index contributed by atoms with van der Waals surface area (Å²) in [6.45, 7) is 0. The van der Waals surface area contributed by atoms with Crippen molar-refractivity contribution in [1.29, 1.82) is 0 Å². The van der Waals surface area contributed by atoms with E-state index in [0.717, 1.165) is 22.9 Å². The van der Waals surface area contributed by atoms with Gasteiger partial charge in [-0.3, -0.25) is 9.78 Å². The van der Waals surface area contributed by atoms with Crippen molar-refractivity contribution in [3.05, 3.63) is 28.8 Å². The number of carbonyl (C=O) groups is 1. The summed E-state index contributed by atoms with van der Waals surface area (Å²) in [6, 6.07) is 1.84. The van der Waals surface area contributed by atoms with Crippen LogP contribution in [-0.2, 0) is 11.2 Å². The Morgan fingerprint density at radius 1 is 1.38 bits per heavy atom. The molecule has 1 aliphatic carbocycles. The van der Waals surface area contributed by atoms with Crippen LogP contribution in [0.4, 0.5) is 0 Å². The number of rotatable bonds is 4. The van der Waals surface area contributed by atoms with Gasteiger partial charge in [0.2, 0.25) is 11.7 Å². The highest BCUT2D eigenvalue weighted by Gasteiger charge is 2.42. The quantitative estimate of drug-likeness (QED) is 0.910. The Morgan fingerprint density at radius 3 is 2.81 bits per heavy atom. The van der Waals surface area contributed by atoms with Crippen LogP contribution in [-0.4, -0.2) is 26.2 Å². The van der Waals surface area contributed by atoms with Crippen LogP contribution >= 0.6 is 15.9 Å². The number of aromatic nitrogens is 3. The minimum absolute atomic E-state index is 0.288. The van der Waals surface area contributed by atoms with Gasteiger partial charge in [0, 0.05) is 28.9 Å². The van der Waals surface area contributed by atoms with E-state index in [4.69, 9.17) is 4.52 Å². The maximum absolute atomic E-state index is 11.5. The molecule has 0 unspecified atom stereocenters. The minimum atomic E-state index is -0.774. The molecule has 110 valence electrons. The maximum atomic E-state index is 11.5. The van der Waals surface area contributed by atoms with Crippen molar-refractivity contribution < 1.29 is 14.4 Å². The maximum Gasteiger partial charge on any atom is 0.310 e. The third-order valence-electron chi connectivity index (χ3n) is 3.94. The predicted molar refractivity (Wildman–Crippen MR) is 77.5 cm³/mol. The van der Waals surface area contributed by atoms with Crippen molar-refractivity contribution in [1.82, 2.24) is 15.1 Å². The average Bonchev–Trinajstić information content (AvgIpc) is 3.09. The number of carboxylic acid groups (broad SMARTS) is 1. The molecule has 0 radical (unpaired) electrons. The number of hydrogen-bond acceptors (Lipinski definition) is 5. The zero-order valence-corrected chi connectivity index (χ0v) is 12.8. The van der Waals surface area contributed by atoms with Crippen LogP contribution in [0, 0.1) is 5.41 Å². The molecule has 0 aromatic carbocycles. The fourth-order valence-electron chi connectivity index (χ4n) is 2.79. The van der Waals surface area contributed by atoms with E-state index in [1.807, 2.05) is 6.07 Å². The molecule has 2 aromatic rings. The zero-order chi connectivity index (χ0) is 14.9. The summed E-state index contributed by atoms with van der Waals surface area (Å²) in [6.07, 6.45) is 6.80. The fourth-order valence-corrected chi connectivity index (χ4v) is 3.15.